The van der Waals surface area contributed by atoms with E-state index in [1.165, 1.54) is 0 Å². The first kappa shape index (κ1) is 15.7. The molecule has 0 radical (unpaired) electrons. The maximum absolute atomic E-state index is 12.1. The average molecular weight is 297 g/mol. The zero-order chi connectivity index (χ0) is 14.5. The number of alkyl halides is 4. The van der Waals surface area contributed by atoms with Gasteiger partial charge in [0.05, 0.1) is 24.6 Å². The van der Waals surface area contributed by atoms with Crippen LogP contribution in [0.3, 0.4) is 0 Å². The Morgan fingerprint density at radius 3 is 2.68 bits per heavy atom. The van der Waals surface area contributed by atoms with Crippen LogP contribution < -0.4 is 0 Å². The average Bonchev–Trinajstić information content (AvgIpc) is 2.35. The van der Waals surface area contributed by atoms with Crippen LogP contribution in [0.15, 0.2) is 6.20 Å². The highest BCUT2D eigenvalue weighted by Crippen LogP contribution is 2.21. The van der Waals surface area contributed by atoms with Crippen molar-refractivity contribution in [3.05, 3.63) is 23.3 Å². The second-order valence-electron chi connectivity index (χ2n) is 3.62. The molecule has 0 saturated heterocycles. The molecule has 0 spiro atoms. The largest absolute Gasteiger partial charge is 0.462 e. The topological polar surface area (TPSA) is 52.1 Å². The summed E-state index contributed by atoms with van der Waals surface area (Å²) in [6.07, 6.45) is -4.50. The normalized spacial score (nSPS) is 11.4. The van der Waals surface area contributed by atoms with Crippen LogP contribution >= 0.6 is 11.6 Å². The molecule has 0 atom stereocenters. The van der Waals surface area contributed by atoms with Gasteiger partial charge in [0.15, 0.2) is 0 Å². The molecule has 0 unspecified atom stereocenters. The third-order valence-corrected chi connectivity index (χ3v) is 2.42. The van der Waals surface area contributed by atoms with Crippen molar-refractivity contribution in [2.75, 3.05) is 6.61 Å². The number of halogens is 4. The third kappa shape index (κ3) is 5.02. The minimum atomic E-state index is -4.27. The van der Waals surface area contributed by atoms with E-state index in [1.54, 1.807) is 6.92 Å². The summed E-state index contributed by atoms with van der Waals surface area (Å²) < 4.78 is 41.0. The summed E-state index contributed by atoms with van der Waals surface area (Å²) >= 11 is 5.62. The van der Waals surface area contributed by atoms with Crippen LogP contribution in [0.4, 0.5) is 13.2 Å². The summed E-state index contributed by atoms with van der Waals surface area (Å²) in [5, 5.41) is 0. The monoisotopic (exact) mass is 296 g/mol. The highest BCUT2D eigenvalue weighted by atomic mass is 35.5. The minimum Gasteiger partial charge on any atom is -0.462 e. The summed E-state index contributed by atoms with van der Waals surface area (Å²) in [5.74, 6) is -0.739. The fourth-order valence-corrected chi connectivity index (χ4v) is 1.52. The Kier molecular flexibility index (Phi) is 5.53. The van der Waals surface area contributed by atoms with Crippen molar-refractivity contribution in [3.63, 3.8) is 0 Å². The van der Waals surface area contributed by atoms with Gasteiger partial charge in [0.25, 0.3) is 0 Å². The Balaban J connectivity index is 2.86. The Morgan fingerprint density at radius 2 is 2.16 bits per heavy atom. The van der Waals surface area contributed by atoms with Crippen LogP contribution in [0, 0.1) is 0 Å². The van der Waals surface area contributed by atoms with Crippen LogP contribution in [0.25, 0.3) is 0 Å². The van der Waals surface area contributed by atoms with Crippen molar-refractivity contribution in [3.8, 4) is 0 Å². The Bertz CT molecular complexity index is 452. The number of ether oxygens (including phenoxy) is 1. The predicted molar refractivity (Wildman–Crippen MR) is 61.9 cm³/mol. The van der Waals surface area contributed by atoms with Crippen LogP contribution in [0.2, 0.25) is 0 Å². The number of nitrogens with zero attached hydrogens (tertiary/aromatic N) is 2. The lowest BCUT2D eigenvalue weighted by Crippen LogP contribution is -2.14. The molecular formula is C11H12ClF3N2O2. The number of carbonyl (C=O) groups excluding carboxylic acids is 1. The standard InChI is InChI=1S/C11H12ClF3N2O2/c1-2-19-10(18)7-6-16-9(17-8(7)5-12)3-4-11(13,14)15/h6H,2-5H2,1H3. The molecule has 0 fully saturated rings. The number of carbonyl (C=O) groups is 1. The zero-order valence-electron chi connectivity index (χ0n) is 10.1. The molecule has 0 aliphatic heterocycles. The van der Waals surface area contributed by atoms with Gasteiger partial charge in [-0.1, -0.05) is 0 Å². The summed E-state index contributed by atoms with van der Waals surface area (Å²) in [6.45, 7) is 1.81. The molecule has 4 nitrogen and oxygen atoms in total. The van der Waals surface area contributed by atoms with Gasteiger partial charge in [0.1, 0.15) is 11.4 Å². The molecule has 19 heavy (non-hydrogen) atoms. The van der Waals surface area contributed by atoms with Gasteiger partial charge < -0.3 is 4.74 Å². The number of aryl methyl sites for hydroxylation is 1. The van der Waals surface area contributed by atoms with E-state index >= 15 is 0 Å². The first-order valence-corrected chi connectivity index (χ1v) is 6.05. The minimum absolute atomic E-state index is 0.000948. The zero-order valence-corrected chi connectivity index (χ0v) is 10.9. The van der Waals surface area contributed by atoms with Crippen molar-refractivity contribution in [2.24, 2.45) is 0 Å². The molecular weight excluding hydrogens is 285 g/mol. The van der Waals surface area contributed by atoms with Gasteiger partial charge in [-0.2, -0.15) is 13.2 Å². The molecule has 1 aromatic rings. The molecule has 0 amide bonds. The molecule has 106 valence electrons. The Labute approximate surface area is 113 Å². The molecule has 0 aliphatic carbocycles. The van der Waals surface area contributed by atoms with E-state index in [0.29, 0.717) is 0 Å². The second-order valence-corrected chi connectivity index (χ2v) is 3.88. The fourth-order valence-electron chi connectivity index (χ4n) is 1.31. The number of rotatable bonds is 5. The van der Waals surface area contributed by atoms with Gasteiger partial charge in [-0.3, -0.25) is 0 Å². The summed E-state index contributed by atoms with van der Waals surface area (Å²) in [6, 6.07) is 0. The maximum atomic E-state index is 12.1. The van der Waals surface area contributed by atoms with Crippen molar-refractivity contribution >= 4 is 17.6 Å². The molecule has 1 heterocycles. The first-order chi connectivity index (χ1) is 8.87. The van der Waals surface area contributed by atoms with E-state index in [0.717, 1.165) is 6.20 Å². The van der Waals surface area contributed by atoms with Crippen LogP contribution in [-0.4, -0.2) is 28.7 Å². The molecule has 8 heteroatoms. The Hall–Kier alpha value is -1.37. The summed E-state index contributed by atoms with van der Waals surface area (Å²) in [7, 11) is 0. The van der Waals surface area contributed by atoms with Gasteiger partial charge >= 0.3 is 12.1 Å². The van der Waals surface area contributed by atoms with Crippen molar-refractivity contribution in [1.82, 2.24) is 9.97 Å². The molecule has 0 N–H and O–H groups in total. The van der Waals surface area contributed by atoms with Crippen LogP contribution in [0.5, 0.6) is 0 Å². The smallest absolute Gasteiger partial charge is 0.389 e. The lowest BCUT2D eigenvalue weighted by Gasteiger charge is -2.08. The summed E-state index contributed by atoms with van der Waals surface area (Å²) in [5.41, 5.74) is 0.250. The van der Waals surface area contributed by atoms with E-state index < -0.39 is 18.6 Å². The van der Waals surface area contributed by atoms with Gasteiger partial charge in [0, 0.05) is 12.6 Å². The van der Waals surface area contributed by atoms with E-state index in [1.807, 2.05) is 0 Å². The van der Waals surface area contributed by atoms with Crippen molar-refractivity contribution in [1.29, 1.82) is 0 Å². The quantitative estimate of drug-likeness (QED) is 0.619. The number of aromatic nitrogens is 2. The highest BCUT2D eigenvalue weighted by Gasteiger charge is 2.27. The van der Waals surface area contributed by atoms with E-state index in [-0.39, 0.29) is 36.0 Å². The molecule has 1 rings (SSSR count). The number of esters is 1. The van der Waals surface area contributed by atoms with Gasteiger partial charge in [-0.15, -0.1) is 11.6 Å². The van der Waals surface area contributed by atoms with Crippen molar-refractivity contribution < 1.29 is 22.7 Å². The van der Waals surface area contributed by atoms with Gasteiger partial charge in [-0.05, 0) is 6.92 Å². The highest BCUT2D eigenvalue weighted by molar-refractivity contribution is 6.17. The lowest BCUT2D eigenvalue weighted by atomic mass is 10.2. The molecule has 1 aromatic heterocycles. The lowest BCUT2D eigenvalue weighted by molar-refractivity contribution is -0.134. The maximum Gasteiger partial charge on any atom is 0.389 e. The molecule has 0 aromatic carbocycles. The second kappa shape index (κ2) is 6.70. The van der Waals surface area contributed by atoms with Crippen LogP contribution in [-0.2, 0) is 17.0 Å². The van der Waals surface area contributed by atoms with E-state index in [9.17, 15) is 18.0 Å². The third-order valence-electron chi connectivity index (χ3n) is 2.17. The predicted octanol–water partition coefficient (Wildman–Crippen LogP) is 2.89. The van der Waals surface area contributed by atoms with Gasteiger partial charge in [0.2, 0.25) is 0 Å². The molecule has 0 aliphatic rings. The fraction of sp³-hybridized carbons (Fsp3) is 0.545. The van der Waals surface area contributed by atoms with Crippen LogP contribution in [0.1, 0.15) is 35.2 Å². The Morgan fingerprint density at radius 1 is 1.47 bits per heavy atom. The first-order valence-electron chi connectivity index (χ1n) is 5.52. The number of hydrogen-bond acceptors (Lipinski definition) is 4. The van der Waals surface area contributed by atoms with E-state index in [2.05, 4.69) is 9.97 Å². The molecule has 0 saturated carbocycles. The summed E-state index contributed by atoms with van der Waals surface area (Å²) in [4.78, 5) is 19.1. The number of hydrogen-bond donors (Lipinski definition) is 0. The van der Waals surface area contributed by atoms with Crippen molar-refractivity contribution in [2.45, 2.75) is 31.8 Å². The molecule has 0 bridgehead atoms. The SMILES string of the molecule is CCOC(=O)c1cnc(CCC(F)(F)F)nc1CCl. The van der Waals surface area contributed by atoms with E-state index in [4.69, 9.17) is 16.3 Å². The van der Waals surface area contributed by atoms with Gasteiger partial charge in [-0.25, -0.2) is 14.8 Å².